The first-order valence-electron chi connectivity index (χ1n) is 21.9. The van der Waals surface area contributed by atoms with E-state index >= 15 is 0 Å². The molecule has 58 heavy (non-hydrogen) atoms. The van der Waals surface area contributed by atoms with Gasteiger partial charge in [-0.25, -0.2) is 4.79 Å². The van der Waals surface area contributed by atoms with Crippen molar-refractivity contribution >= 4 is 39.9 Å². The van der Waals surface area contributed by atoms with Gasteiger partial charge in [-0.05, 0) is 96.8 Å². The second kappa shape index (κ2) is 18.9. The van der Waals surface area contributed by atoms with E-state index in [2.05, 4.69) is 46.6 Å². The SMILES string of the molecule is NCc1ccc(OC(=O)N2CCN(C(=O)[C@@H](CC3CCCCC3)NC3CCC4(CC3)CCN(Cc3ccccc3)C4)[C@H](C(=O)CCc3cccs3)C2)c2ccccc12. The Bertz CT molecular complexity index is 1990. The van der Waals surface area contributed by atoms with E-state index in [-0.39, 0.29) is 30.3 Å². The molecule has 2 saturated carbocycles. The number of benzene rings is 3. The number of thiophene rings is 1. The van der Waals surface area contributed by atoms with Crippen molar-refractivity contribution in [2.45, 2.75) is 115 Å². The average Bonchev–Trinajstić information content (AvgIpc) is 3.94. The van der Waals surface area contributed by atoms with Crippen LogP contribution in [0.1, 0.15) is 93.1 Å². The minimum Gasteiger partial charge on any atom is -0.410 e. The molecule has 2 aliphatic heterocycles. The molecule has 9 nitrogen and oxygen atoms in total. The Morgan fingerprint density at radius 1 is 0.845 bits per heavy atom. The van der Waals surface area contributed by atoms with E-state index < -0.39 is 12.1 Å². The molecule has 308 valence electrons. The summed E-state index contributed by atoms with van der Waals surface area (Å²) < 4.78 is 6.05. The fraction of sp³-hybridized carbons (Fsp3) is 0.521. The zero-order valence-electron chi connectivity index (χ0n) is 34.0. The van der Waals surface area contributed by atoms with Crippen molar-refractivity contribution in [3.05, 3.63) is 100 Å². The predicted octanol–water partition coefficient (Wildman–Crippen LogP) is 8.34. The number of aryl methyl sites for hydroxylation is 1. The Hall–Kier alpha value is -4.09. The molecule has 10 heteroatoms. The van der Waals surface area contributed by atoms with Crippen LogP contribution in [0.2, 0.25) is 0 Å². The number of carbonyl (C=O) groups is 3. The predicted molar refractivity (Wildman–Crippen MR) is 232 cm³/mol. The standard InChI is InChI=1S/C48H61N5O4S/c49-31-37-17-20-45(41-16-8-7-15-40(37)41)57-47(56)52-27-28-53(43(33-52)44(54)19-18-39-14-9-29-58-39)46(55)42(30-35-10-3-1-4-11-35)50-38-21-23-48(24-22-38)25-26-51(34-48)32-36-12-5-2-6-13-36/h2,5-9,12-17,20,29,35,38,42-43,50H,1,3-4,10-11,18-19,21-28,30-34,49H2/t38?,42-,43+,48?/m1/s1. The van der Waals surface area contributed by atoms with Crippen molar-refractivity contribution < 1.29 is 19.1 Å². The normalized spacial score (nSPS) is 23.7. The number of hydrogen-bond donors (Lipinski definition) is 2. The van der Waals surface area contributed by atoms with Gasteiger partial charge in [0.2, 0.25) is 5.91 Å². The van der Waals surface area contributed by atoms with Gasteiger partial charge < -0.3 is 25.6 Å². The maximum atomic E-state index is 15.0. The highest BCUT2D eigenvalue weighted by molar-refractivity contribution is 7.09. The summed E-state index contributed by atoms with van der Waals surface area (Å²) in [6.45, 7) is 4.41. The summed E-state index contributed by atoms with van der Waals surface area (Å²) in [5.74, 6) is 0.974. The summed E-state index contributed by atoms with van der Waals surface area (Å²) in [5.41, 5.74) is 8.73. The summed E-state index contributed by atoms with van der Waals surface area (Å²) in [7, 11) is 0. The zero-order valence-corrected chi connectivity index (χ0v) is 34.8. The minimum absolute atomic E-state index is 0.00527. The van der Waals surface area contributed by atoms with Gasteiger partial charge in [-0.1, -0.05) is 98.8 Å². The van der Waals surface area contributed by atoms with Crippen LogP contribution in [0.3, 0.4) is 0 Å². The van der Waals surface area contributed by atoms with Crippen LogP contribution in [-0.2, 0) is 29.1 Å². The molecule has 0 unspecified atom stereocenters. The summed E-state index contributed by atoms with van der Waals surface area (Å²) in [6, 6.07) is 25.6. The monoisotopic (exact) mass is 803 g/mol. The van der Waals surface area contributed by atoms with Crippen LogP contribution in [0.25, 0.3) is 10.8 Å². The summed E-state index contributed by atoms with van der Waals surface area (Å²) in [5, 5.41) is 7.73. The van der Waals surface area contributed by atoms with Gasteiger partial charge >= 0.3 is 6.09 Å². The van der Waals surface area contributed by atoms with E-state index in [0.29, 0.717) is 49.6 Å². The summed E-state index contributed by atoms with van der Waals surface area (Å²) in [4.78, 5) is 50.4. The molecule has 2 aliphatic carbocycles. The molecule has 4 aliphatic rings. The fourth-order valence-electron chi connectivity index (χ4n) is 10.4. The molecular formula is C48H61N5O4S. The van der Waals surface area contributed by atoms with E-state index in [0.717, 1.165) is 73.0 Å². The van der Waals surface area contributed by atoms with Gasteiger partial charge in [0, 0.05) is 55.4 Å². The Balaban J connectivity index is 0.964. The highest BCUT2D eigenvalue weighted by Crippen LogP contribution is 2.44. The maximum absolute atomic E-state index is 15.0. The van der Waals surface area contributed by atoms with Crippen LogP contribution < -0.4 is 15.8 Å². The van der Waals surface area contributed by atoms with Crippen molar-refractivity contribution in [2.24, 2.45) is 17.1 Å². The molecule has 2 atom stereocenters. The number of nitrogens with two attached hydrogens (primary N) is 1. The molecule has 4 aromatic rings. The third-order valence-corrected chi connectivity index (χ3v) is 14.7. The highest BCUT2D eigenvalue weighted by atomic mass is 32.1. The first kappa shape index (κ1) is 40.7. The molecular weight excluding hydrogens is 743 g/mol. The number of Topliss-reactive ketones (excluding diaryl/α,β-unsaturated/α-hetero) is 1. The van der Waals surface area contributed by atoms with Crippen LogP contribution in [0.5, 0.6) is 5.75 Å². The Labute approximate surface area is 348 Å². The number of fused-ring (bicyclic) bond motifs is 1. The number of ketones is 1. The number of hydrogen-bond acceptors (Lipinski definition) is 8. The van der Waals surface area contributed by atoms with Gasteiger partial charge in [0.25, 0.3) is 0 Å². The second-order valence-corrected chi connectivity index (χ2v) is 18.6. The van der Waals surface area contributed by atoms with Crippen molar-refractivity contribution in [1.29, 1.82) is 0 Å². The lowest BCUT2D eigenvalue weighted by atomic mass is 9.71. The third kappa shape index (κ3) is 9.68. The second-order valence-electron chi connectivity index (χ2n) is 17.6. The summed E-state index contributed by atoms with van der Waals surface area (Å²) in [6.07, 6.45) is 13.0. The molecule has 0 bridgehead atoms. The molecule has 2 saturated heterocycles. The molecule has 4 fully saturated rings. The van der Waals surface area contributed by atoms with Crippen molar-refractivity contribution in [3.8, 4) is 5.75 Å². The number of likely N-dealkylation sites (tertiary alicyclic amines) is 1. The lowest BCUT2D eigenvalue weighted by Gasteiger charge is -2.43. The molecule has 1 spiro atoms. The molecule has 3 heterocycles. The fourth-order valence-corrected chi connectivity index (χ4v) is 11.1. The largest absolute Gasteiger partial charge is 0.415 e. The van der Waals surface area contributed by atoms with E-state index in [1.807, 2.05) is 46.7 Å². The number of nitrogens with one attached hydrogen (secondary N) is 1. The zero-order chi connectivity index (χ0) is 39.9. The van der Waals surface area contributed by atoms with Crippen LogP contribution in [-0.4, -0.2) is 83.3 Å². The molecule has 2 amide bonds. The number of piperazine rings is 1. The van der Waals surface area contributed by atoms with Gasteiger partial charge in [-0.2, -0.15) is 0 Å². The first-order valence-corrected chi connectivity index (χ1v) is 22.8. The minimum atomic E-state index is -0.732. The van der Waals surface area contributed by atoms with Crippen LogP contribution >= 0.6 is 11.3 Å². The lowest BCUT2D eigenvalue weighted by Crippen LogP contribution is -2.63. The van der Waals surface area contributed by atoms with Gasteiger partial charge in [-0.3, -0.25) is 14.5 Å². The van der Waals surface area contributed by atoms with Crippen LogP contribution in [0, 0.1) is 11.3 Å². The molecule has 3 N–H and O–H groups in total. The van der Waals surface area contributed by atoms with Gasteiger partial charge in [0.05, 0.1) is 12.6 Å². The molecule has 3 aromatic carbocycles. The third-order valence-electron chi connectivity index (χ3n) is 13.7. The van der Waals surface area contributed by atoms with Crippen LogP contribution in [0.4, 0.5) is 4.79 Å². The topological polar surface area (TPSA) is 108 Å². The molecule has 0 radical (unpaired) electrons. The van der Waals surface area contributed by atoms with Crippen molar-refractivity contribution in [3.63, 3.8) is 0 Å². The number of nitrogens with zero attached hydrogens (tertiary/aromatic N) is 3. The first-order chi connectivity index (χ1) is 28.4. The van der Waals surface area contributed by atoms with Crippen molar-refractivity contribution in [2.75, 3.05) is 32.7 Å². The highest BCUT2D eigenvalue weighted by Gasteiger charge is 2.44. The van der Waals surface area contributed by atoms with Crippen LogP contribution in [0.15, 0.2) is 84.2 Å². The van der Waals surface area contributed by atoms with Gasteiger partial charge in [0.1, 0.15) is 11.8 Å². The molecule has 1 aromatic heterocycles. The Morgan fingerprint density at radius 2 is 1.62 bits per heavy atom. The van der Waals surface area contributed by atoms with Gasteiger partial charge in [0.15, 0.2) is 5.78 Å². The van der Waals surface area contributed by atoms with Crippen molar-refractivity contribution in [1.82, 2.24) is 20.0 Å². The van der Waals surface area contributed by atoms with Gasteiger partial charge in [-0.15, -0.1) is 11.3 Å². The quantitative estimate of drug-likeness (QED) is 0.140. The maximum Gasteiger partial charge on any atom is 0.415 e. The Kier molecular flexibility index (Phi) is 13.2. The number of ether oxygens (including phenoxy) is 1. The number of amides is 2. The number of rotatable bonds is 13. The van der Waals surface area contributed by atoms with E-state index in [1.54, 1.807) is 22.3 Å². The average molecular weight is 804 g/mol. The Morgan fingerprint density at radius 3 is 2.38 bits per heavy atom. The lowest BCUT2D eigenvalue weighted by molar-refractivity contribution is -0.145. The van der Waals surface area contributed by atoms with E-state index in [9.17, 15) is 14.4 Å². The summed E-state index contributed by atoms with van der Waals surface area (Å²) >= 11 is 1.64. The van der Waals surface area contributed by atoms with E-state index in [1.165, 1.54) is 44.1 Å². The van der Waals surface area contributed by atoms with E-state index in [4.69, 9.17) is 10.5 Å². The smallest absolute Gasteiger partial charge is 0.410 e. The number of carbonyl (C=O) groups excluding carboxylic acids is 3. The molecule has 8 rings (SSSR count).